The van der Waals surface area contributed by atoms with Gasteiger partial charge in [0.1, 0.15) is 0 Å². The zero-order chi connectivity index (χ0) is 33.9. The number of fused-ring (bicyclic) bond motifs is 15. The van der Waals surface area contributed by atoms with E-state index in [1.165, 1.54) is 59.6 Å². The number of hydrogen-bond donors (Lipinski definition) is 0. The SMILES string of the molecule is c1cc2c3c(c1)c1ccccc1c1ncccc1c1cccc(c1-3)c1cc(-n3c4ccccc4n4c5cccnc5nc34)ccc1c1ccccc21. The van der Waals surface area contributed by atoms with Crippen LogP contribution in [0.3, 0.4) is 0 Å². The van der Waals surface area contributed by atoms with Crippen molar-refractivity contribution in [1.29, 1.82) is 0 Å². The van der Waals surface area contributed by atoms with Crippen molar-refractivity contribution in [3.63, 3.8) is 0 Å². The largest absolute Gasteiger partial charge is 0.278 e. The Morgan fingerprint density at radius 3 is 1.63 bits per heavy atom. The summed E-state index contributed by atoms with van der Waals surface area (Å²) < 4.78 is 4.51. The summed E-state index contributed by atoms with van der Waals surface area (Å²) in [4.78, 5) is 14.8. The van der Waals surface area contributed by atoms with Gasteiger partial charge in [-0.1, -0.05) is 109 Å². The minimum absolute atomic E-state index is 0.735. The van der Waals surface area contributed by atoms with Crippen molar-refractivity contribution >= 4 is 92.7 Å². The van der Waals surface area contributed by atoms with Gasteiger partial charge in [0.2, 0.25) is 5.78 Å². The average Bonchev–Trinajstić information content (AvgIpc) is 3.74. The van der Waals surface area contributed by atoms with Crippen molar-refractivity contribution in [2.45, 2.75) is 0 Å². The molecule has 0 bridgehead atoms. The van der Waals surface area contributed by atoms with E-state index in [2.05, 4.69) is 160 Å². The van der Waals surface area contributed by atoms with Gasteiger partial charge in [-0.2, -0.15) is 4.98 Å². The molecule has 0 saturated carbocycles. The van der Waals surface area contributed by atoms with Crippen LogP contribution >= 0.6 is 0 Å². The Morgan fingerprint density at radius 2 is 0.865 bits per heavy atom. The first-order valence-corrected chi connectivity index (χ1v) is 17.6. The molecule has 10 aromatic rings. The molecule has 0 saturated heterocycles. The van der Waals surface area contributed by atoms with E-state index in [0.29, 0.717) is 0 Å². The Balaban J connectivity index is 1.36. The number of pyridine rings is 2. The van der Waals surface area contributed by atoms with Crippen molar-refractivity contribution in [1.82, 2.24) is 23.9 Å². The number of rotatable bonds is 1. The molecule has 2 aliphatic carbocycles. The van der Waals surface area contributed by atoms with Crippen LogP contribution in [-0.4, -0.2) is 23.9 Å². The van der Waals surface area contributed by atoms with Crippen molar-refractivity contribution in [3.05, 3.63) is 164 Å². The van der Waals surface area contributed by atoms with E-state index in [-0.39, 0.29) is 0 Å². The van der Waals surface area contributed by atoms with Gasteiger partial charge in [-0.25, -0.2) is 4.98 Å². The van der Waals surface area contributed by atoms with E-state index in [0.717, 1.165) is 50.0 Å². The van der Waals surface area contributed by atoms with E-state index >= 15 is 0 Å². The average molecular weight is 662 g/mol. The van der Waals surface area contributed by atoms with Crippen LogP contribution in [0.5, 0.6) is 0 Å². The molecule has 5 heteroatoms. The Labute approximate surface area is 296 Å². The van der Waals surface area contributed by atoms with Crippen LogP contribution in [0.2, 0.25) is 0 Å². The third-order valence-electron chi connectivity index (χ3n) is 11.0. The maximum atomic E-state index is 5.10. The molecule has 0 atom stereocenters. The number of benzene rings is 6. The highest BCUT2D eigenvalue weighted by Crippen LogP contribution is 2.47. The Morgan fingerprint density at radius 1 is 0.365 bits per heavy atom. The molecule has 52 heavy (non-hydrogen) atoms. The Hall–Kier alpha value is -7.11. The van der Waals surface area contributed by atoms with Crippen molar-refractivity contribution in [2.24, 2.45) is 0 Å². The van der Waals surface area contributed by atoms with Gasteiger partial charge in [-0.05, 0) is 102 Å². The van der Waals surface area contributed by atoms with Gasteiger partial charge in [0, 0.05) is 28.9 Å². The number of imidazole rings is 2. The summed E-state index contributed by atoms with van der Waals surface area (Å²) in [6.07, 6.45) is 3.72. The summed E-state index contributed by atoms with van der Waals surface area (Å²) in [7, 11) is 0. The summed E-state index contributed by atoms with van der Waals surface area (Å²) in [5.41, 5.74) is 8.43. The molecule has 6 aromatic carbocycles. The molecule has 0 unspecified atom stereocenters. The fourth-order valence-corrected chi connectivity index (χ4v) is 8.88. The normalized spacial score (nSPS) is 12.2. The molecule has 2 aliphatic rings. The van der Waals surface area contributed by atoms with Gasteiger partial charge in [0.25, 0.3) is 0 Å². The minimum atomic E-state index is 0.735. The molecular weight excluding hydrogens is 635 g/mol. The van der Waals surface area contributed by atoms with Gasteiger partial charge in [0.05, 0.1) is 22.1 Å². The van der Waals surface area contributed by atoms with Crippen LogP contribution in [0.15, 0.2) is 164 Å². The lowest BCUT2D eigenvalue weighted by Crippen LogP contribution is -1.96. The molecule has 0 amide bonds. The van der Waals surface area contributed by atoms with Gasteiger partial charge in [0.15, 0.2) is 5.65 Å². The highest BCUT2D eigenvalue weighted by Gasteiger charge is 2.21. The zero-order valence-corrected chi connectivity index (χ0v) is 27.8. The summed E-state index contributed by atoms with van der Waals surface area (Å²) in [6.45, 7) is 0. The predicted octanol–water partition coefficient (Wildman–Crippen LogP) is 11.8. The molecule has 4 aromatic heterocycles. The summed E-state index contributed by atoms with van der Waals surface area (Å²) in [6, 6.07) is 55.0. The molecule has 5 nitrogen and oxygen atoms in total. The lowest BCUT2D eigenvalue weighted by Gasteiger charge is -2.19. The van der Waals surface area contributed by atoms with Crippen molar-refractivity contribution in [3.8, 4) is 16.8 Å². The lowest BCUT2D eigenvalue weighted by molar-refractivity contribution is 1.11. The van der Waals surface area contributed by atoms with E-state index in [1.54, 1.807) is 0 Å². The van der Waals surface area contributed by atoms with Gasteiger partial charge in [-0.3, -0.25) is 14.0 Å². The fourth-order valence-electron chi connectivity index (χ4n) is 8.88. The van der Waals surface area contributed by atoms with Crippen molar-refractivity contribution in [2.75, 3.05) is 0 Å². The second-order valence-corrected chi connectivity index (χ2v) is 13.6. The predicted molar refractivity (Wildman–Crippen MR) is 216 cm³/mol. The first-order valence-electron chi connectivity index (χ1n) is 17.6. The Bertz CT molecular complexity index is 3480. The minimum Gasteiger partial charge on any atom is -0.278 e. The molecular formula is C47H27N5. The summed E-state index contributed by atoms with van der Waals surface area (Å²) >= 11 is 0. The summed E-state index contributed by atoms with van der Waals surface area (Å²) in [5, 5.41) is 13.1. The molecule has 0 spiro atoms. The second kappa shape index (κ2) is 10.2. The second-order valence-electron chi connectivity index (χ2n) is 13.6. The fraction of sp³-hybridized carbons (Fsp3) is 0. The molecule has 0 N–H and O–H groups in total. The number of para-hydroxylation sites is 2. The monoisotopic (exact) mass is 661 g/mol. The molecule has 0 radical (unpaired) electrons. The van der Waals surface area contributed by atoms with E-state index in [9.17, 15) is 0 Å². The smallest absolute Gasteiger partial charge is 0.222 e. The van der Waals surface area contributed by atoms with Crippen molar-refractivity contribution < 1.29 is 0 Å². The Kier molecular flexibility index (Phi) is 5.44. The molecule has 0 aliphatic heterocycles. The molecule has 4 heterocycles. The van der Waals surface area contributed by atoms with Crippen LogP contribution in [0.4, 0.5) is 0 Å². The van der Waals surface area contributed by atoms with E-state index in [4.69, 9.17) is 9.97 Å². The van der Waals surface area contributed by atoms with Gasteiger partial charge < -0.3 is 0 Å². The first kappa shape index (κ1) is 27.7. The van der Waals surface area contributed by atoms with Crippen LogP contribution in [-0.2, 0) is 0 Å². The van der Waals surface area contributed by atoms with Crippen LogP contribution in [0.25, 0.3) is 110 Å². The highest BCUT2D eigenvalue weighted by molar-refractivity contribution is 6.31. The topological polar surface area (TPSA) is 48.0 Å². The molecule has 0 fully saturated rings. The maximum absolute atomic E-state index is 5.10. The number of hydrogen-bond acceptors (Lipinski definition) is 3. The van der Waals surface area contributed by atoms with E-state index in [1.807, 2.05) is 18.5 Å². The number of aromatic nitrogens is 5. The third kappa shape index (κ3) is 3.59. The maximum Gasteiger partial charge on any atom is 0.222 e. The third-order valence-corrected chi connectivity index (χ3v) is 11.0. The number of nitrogens with zero attached hydrogens (tertiary/aromatic N) is 5. The zero-order valence-electron chi connectivity index (χ0n) is 27.8. The lowest BCUT2D eigenvalue weighted by atomic mass is 9.84. The van der Waals surface area contributed by atoms with Crippen LogP contribution in [0.1, 0.15) is 0 Å². The van der Waals surface area contributed by atoms with Gasteiger partial charge >= 0.3 is 0 Å². The standard InChI is InChI=1S/C47H27N5/c1-2-12-30-29(11-1)32-24-23-28(51-40-20-5-6-21-41(40)52-42-22-10-26-49-46(42)50-47(51)52)27-39(32)36-18-8-17-35-38-19-9-25-48-45(38)37-14-4-3-13-31(37)34-16-7-15-33(30)43(34)44(35)36/h1-27H. The van der Waals surface area contributed by atoms with Crippen LogP contribution < -0.4 is 0 Å². The van der Waals surface area contributed by atoms with E-state index < -0.39 is 0 Å². The van der Waals surface area contributed by atoms with Crippen LogP contribution in [0, 0.1) is 0 Å². The quantitative estimate of drug-likeness (QED) is 0.176. The first-order chi connectivity index (χ1) is 25.8. The molecule has 240 valence electrons. The van der Waals surface area contributed by atoms with Gasteiger partial charge in [-0.15, -0.1) is 0 Å². The summed E-state index contributed by atoms with van der Waals surface area (Å²) in [5.74, 6) is 0.841. The molecule has 12 rings (SSSR count). The highest BCUT2D eigenvalue weighted by atomic mass is 15.2.